The minimum Gasteiger partial charge on any atom is -0.380 e. The smallest absolute Gasteiger partial charge is 0.269 e. The molecule has 0 aliphatic rings. The van der Waals surface area contributed by atoms with Gasteiger partial charge in [0.05, 0.1) is 4.92 Å². The van der Waals surface area contributed by atoms with Gasteiger partial charge >= 0.3 is 0 Å². The molecule has 0 heterocycles. The SMILES string of the molecule is O=[N+]([O-])c1ccc(Cl)c(CNc2ccc(Cl)cc2Br)c1. The van der Waals surface area contributed by atoms with E-state index < -0.39 is 4.92 Å². The summed E-state index contributed by atoms with van der Waals surface area (Å²) < 4.78 is 0.812. The highest BCUT2D eigenvalue weighted by Gasteiger charge is 2.10. The highest BCUT2D eigenvalue weighted by molar-refractivity contribution is 9.10. The molecule has 0 saturated carbocycles. The number of nitro benzene ring substituents is 1. The van der Waals surface area contributed by atoms with Gasteiger partial charge in [-0.15, -0.1) is 0 Å². The lowest BCUT2D eigenvalue weighted by molar-refractivity contribution is -0.384. The Morgan fingerprint density at radius 3 is 2.60 bits per heavy atom. The monoisotopic (exact) mass is 374 g/mol. The number of nitrogens with zero attached hydrogens (tertiary/aromatic N) is 1. The van der Waals surface area contributed by atoms with Gasteiger partial charge in [0.1, 0.15) is 0 Å². The van der Waals surface area contributed by atoms with Crippen molar-refractivity contribution in [3.05, 3.63) is 66.6 Å². The fourth-order valence-corrected chi connectivity index (χ4v) is 2.64. The summed E-state index contributed by atoms with van der Waals surface area (Å²) in [6.45, 7) is 0.376. The molecule has 0 bridgehead atoms. The molecule has 4 nitrogen and oxygen atoms in total. The predicted molar refractivity (Wildman–Crippen MR) is 84.6 cm³/mol. The number of halogens is 3. The fourth-order valence-electron chi connectivity index (χ4n) is 1.63. The summed E-state index contributed by atoms with van der Waals surface area (Å²) >= 11 is 15.3. The van der Waals surface area contributed by atoms with Gasteiger partial charge in [0.15, 0.2) is 0 Å². The van der Waals surface area contributed by atoms with Gasteiger partial charge in [-0.25, -0.2) is 0 Å². The van der Waals surface area contributed by atoms with E-state index in [0.29, 0.717) is 22.2 Å². The predicted octanol–water partition coefficient (Wildman–Crippen LogP) is 5.28. The van der Waals surface area contributed by atoms with Crippen molar-refractivity contribution in [2.75, 3.05) is 5.32 Å². The van der Waals surface area contributed by atoms with Crippen molar-refractivity contribution in [1.29, 1.82) is 0 Å². The Bertz CT molecular complexity index is 665. The highest BCUT2D eigenvalue weighted by atomic mass is 79.9. The van der Waals surface area contributed by atoms with Crippen molar-refractivity contribution in [2.24, 2.45) is 0 Å². The standard InChI is InChI=1S/C13H9BrCl2N2O2/c14-11-6-9(15)1-4-13(11)17-7-8-5-10(18(19)20)2-3-12(8)16/h1-6,17H,7H2. The van der Waals surface area contributed by atoms with Crippen LogP contribution in [0.1, 0.15) is 5.56 Å². The van der Waals surface area contributed by atoms with Gasteiger partial charge < -0.3 is 5.32 Å². The van der Waals surface area contributed by atoms with Gasteiger partial charge in [-0.1, -0.05) is 23.2 Å². The van der Waals surface area contributed by atoms with E-state index in [4.69, 9.17) is 23.2 Å². The zero-order valence-electron chi connectivity index (χ0n) is 10.1. The summed E-state index contributed by atoms with van der Waals surface area (Å²) in [5.74, 6) is 0. The molecule has 0 saturated heterocycles. The summed E-state index contributed by atoms with van der Waals surface area (Å²) in [6, 6.07) is 9.69. The lowest BCUT2D eigenvalue weighted by atomic mass is 10.2. The molecule has 104 valence electrons. The van der Waals surface area contributed by atoms with E-state index in [1.54, 1.807) is 12.1 Å². The molecule has 0 spiro atoms. The fraction of sp³-hybridized carbons (Fsp3) is 0.0769. The first-order valence-electron chi connectivity index (χ1n) is 5.59. The number of hydrogen-bond acceptors (Lipinski definition) is 3. The van der Waals surface area contributed by atoms with Gasteiger partial charge in [0, 0.05) is 38.9 Å². The maximum absolute atomic E-state index is 10.8. The van der Waals surface area contributed by atoms with Crippen molar-refractivity contribution in [3.63, 3.8) is 0 Å². The molecule has 0 unspecified atom stereocenters. The van der Waals surface area contributed by atoms with E-state index in [0.717, 1.165) is 10.2 Å². The maximum atomic E-state index is 10.8. The molecule has 0 fully saturated rings. The largest absolute Gasteiger partial charge is 0.380 e. The van der Waals surface area contributed by atoms with Crippen molar-refractivity contribution in [1.82, 2.24) is 0 Å². The van der Waals surface area contributed by atoms with E-state index in [1.165, 1.54) is 18.2 Å². The lowest BCUT2D eigenvalue weighted by Gasteiger charge is -2.10. The molecule has 20 heavy (non-hydrogen) atoms. The molecule has 2 aromatic rings. The van der Waals surface area contributed by atoms with Crippen molar-refractivity contribution < 1.29 is 4.92 Å². The Morgan fingerprint density at radius 2 is 1.95 bits per heavy atom. The molecule has 0 atom stereocenters. The summed E-state index contributed by atoms with van der Waals surface area (Å²) in [7, 11) is 0. The van der Waals surface area contributed by atoms with Gasteiger partial charge in [-0.3, -0.25) is 10.1 Å². The first-order valence-corrected chi connectivity index (χ1v) is 7.14. The molecule has 0 amide bonds. The van der Waals surface area contributed by atoms with Gasteiger partial charge in [0.2, 0.25) is 0 Å². The van der Waals surface area contributed by atoms with E-state index in [-0.39, 0.29) is 5.69 Å². The number of rotatable bonds is 4. The van der Waals surface area contributed by atoms with E-state index in [2.05, 4.69) is 21.2 Å². The second-order valence-corrected chi connectivity index (χ2v) is 5.71. The van der Waals surface area contributed by atoms with Crippen LogP contribution in [-0.2, 0) is 6.54 Å². The molecular formula is C13H9BrCl2N2O2. The zero-order chi connectivity index (χ0) is 14.7. The number of nitrogens with one attached hydrogen (secondary N) is 1. The minimum absolute atomic E-state index is 0.0152. The van der Waals surface area contributed by atoms with Crippen LogP contribution in [0.3, 0.4) is 0 Å². The molecule has 0 radical (unpaired) electrons. The molecule has 2 rings (SSSR count). The zero-order valence-corrected chi connectivity index (χ0v) is 13.2. The van der Waals surface area contributed by atoms with Gasteiger partial charge in [-0.05, 0) is 45.8 Å². The second-order valence-electron chi connectivity index (χ2n) is 4.01. The highest BCUT2D eigenvalue weighted by Crippen LogP contribution is 2.28. The molecule has 7 heteroatoms. The molecule has 2 aromatic carbocycles. The molecule has 0 aromatic heterocycles. The topological polar surface area (TPSA) is 55.2 Å². The molecule has 0 aliphatic heterocycles. The average molecular weight is 376 g/mol. The van der Waals surface area contributed by atoms with Crippen LogP contribution in [0, 0.1) is 10.1 Å². The number of non-ortho nitro benzene ring substituents is 1. The summed E-state index contributed by atoms with van der Waals surface area (Å²) in [5.41, 5.74) is 1.50. The lowest BCUT2D eigenvalue weighted by Crippen LogP contribution is -2.01. The maximum Gasteiger partial charge on any atom is 0.269 e. The van der Waals surface area contributed by atoms with E-state index in [9.17, 15) is 10.1 Å². The summed E-state index contributed by atoms with van der Waals surface area (Å²) in [6.07, 6.45) is 0. The van der Waals surface area contributed by atoms with Crippen LogP contribution in [0.2, 0.25) is 10.0 Å². The van der Waals surface area contributed by atoms with Crippen LogP contribution in [-0.4, -0.2) is 4.92 Å². The Kier molecular flexibility index (Phi) is 4.86. The van der Waals surface area contributed by atoms with Crippen LogP contribution in [0.4, 0.5) is 11.4 Å². The summed E-state index contributed by atoms with van der Waals surface area (Å²) in [4.78, 5) is 10.3. The van der Waals surface area contributed by atoms with Crippen molar-refractivity contribution >= 4 is 50.5 Å². The van der Waals surface area contributed by atoms with Crippen molar-refractivity contribution in [3.8, 4) is 0 Å². The molecule has 1 N–H and O–H groups in total. The molecular weight excluding hydrogens is 367 g/mol. The van der Waals surface area contributed by atoms with E-state index in [1.807, 2.05) is 6.07 Å². The number of anilines is 1. The Labute approximate surface area is 134 Å². The average Bonchev–Trinajstić information content (AvgIpc) is 2.39. The third-order valence-electron chi connectivity index (χ3n) is 2.64. The Morgan fingerprint density at radius 1 is 1.20 bits per heavy atom. The third-order valence-corrected chi connectivity index (χ3v) is 3.90. The third kappa shape index (κ3) is 3.62. The van der Waals surface area contributed by atoms with Crippen LogP contribution >= 0.6 is 39.1 Å². The van der Waals surface area contributed by atoms with Crippen molar-refractivity contribution in [2.45, 2.75) is 6.54 Å². The number of nitro groups is 1. The first-order chi connectivity index (χ1) is 9.47. The van der Waals surface area contributed by atoms with Crippen LogP contribution in [0.15, 0.2) is 40.9 Å². The molecule has 0 aliphatic carbocycles. The van der Waals surface area contributed by atoms with Crippen LogP contribution in [0.5, 0.6) is 0 Å². The Balaban J connectivity index is 2.18. The quantitative estimate of drug-likeness (QED) is 0.584. The Hall–Kier alpha value is -1.30. The van der Waals surface area contributed by atoms with Crippen LogP contribution in [0.25, 0.3) is 0 Å². The van der Waals surface area contributed by atoms with E-state index >= 15 is 0 Å². The normalized spacial score (nSPS) is 10.3. The van der Waals surface area contributed by atoms with Crippen LogP contribution < -0.4 is 5.32 Å². The number of benzene rings is 2. The first kappa shape index (κ1) is 15.1. The second kappa shape index (κ2) is 6.43. The van der Waals surface area contributed by atoms with Gasteiger partial charge in [0.25, 0.3) is 5.69 Å². The number of hydrogen-bond donors (Lipinski definition) is 1. The van der Waals surface area contributed by atoms with Gasteiger partial charge in [-0.2, -0.15) is 0 Å². The summed E-state index contributed by atoms with van der Waals surface area (Å²) in [5, 5.41) is 15.0. The minimum atomic E-state index is -0.446.